The van der Waals surface area contributed by atoms with Gasteiger partial charge in [-0.1, -0.05) is 25.0 Å². The van der Waals surface area contributed by atoms with Gasteiger partial charge in [-0.15, -0.1) is 0 Å². The lowest BCUT2D eigenvalue weighted by molar-refractivity contribution is 0.505. The Morgan fingerprint density at radius 1 is 1.12 bits per heavy atom. The third-order valence-corrected chi connectivity index (χ3v) is 2.36. The summed E-state index contributed by atoms with van der Waals surface area (Å²) < 4.78 is 5.51. The van der Waals surface area contributed by atoms with Gasteiger partial charge in [-0.2, -0.15) is 0 Å². The molecule has 0 N–H and O–H groups in total. The Kier molecular flexibility index (Phi) is 3.12. The van der Waals surface area contributed by atoms with Crippen molar-refractivity contribution in [2.45, 2.75) is 20.3 Å². The first kappa shape index (κ1) is 10.6. The second-order valence-electron chi connectivity index (χ2n) is 3.74. The van der Waals surface area contributed by atoms with E-state index in [-0.39, 0.29) is 0 Å². The van der Waals surface area contributed by atoms with E-state index in [0.29, 0.717) is 0 Å². The predicted molar refractivity (Wildman–Crippen MR) is 65.2 cm³/mol. The summed E-state index contributed by atoms with van der Waals surface area (Å²) in [6, 6.07) is 12.0. The maximum atomic E-state index is 5.51. The van der Waals surface area contributed by atoms with Gasteiger partial charge >= 0.3 is 0 Å². The van der Waals surface area contributed by atoms with E-state index in [1.807, 2.05) is 24.3 Å². The van der Waals surface area contributed by atoms with Crippen LogP contribution in [0.25, 0.3) is 0 Å². The van der Waals surface area contributed by atoms with E-state index in [2.05, 4.69) is 37.8 Å². The van der Waals surface area contributed by atoms with Crippen LogP contribution in [0.3, 0.4) is 0 Å². The Morgan fingerprint density at radius 3 is 2.69 bits per heavy atom. The third kappa shape index (κ3) is 2.55. The van der Waals surface area contributed by atoms with E-state index >= 15 is 0 Å². The van der Waals surface area contributed by atoms with Crippen LogP contribution >= 0.6 is 0 Å². The first-order valence-corrected chi connectivity index (χ1v) is 5.45. The quantitative estimate of drug-likeness (QED) is 0.656. The van der Waals surface area contributed by atoms with Gasteiger partial charge in [0.2, 0.25) is 0 Å². The van der Waals surface area contributed by atoms with Crippen molar-refractivity contribution in [3.05, 3.63) is 59.0 Å². The van der Waals surface area contributed by atoms with Crippen molar-refractivity contribution in [3.8, 4) is 11.8 Å². The van der Waals surface area contributed by atoms with Gasteiger partial charge < -0.3 is 4.42 Å². The van der Waals surface area contributed by atoms with Gasteiger partial charge in [-0.05, 0) is 42.7 Å². The van der Waals surface area contributed by atoms with Gasteiger partial charge in [-0.25, -0.2) is 0 Å². The molecule has 1 heterocycles. The van der Waals surface area contributed by atoms with Crippen LogP contribution in [0, 0.1) is 18.8 Å². The number of aryl methyl sites for hydroxylation is 2. The Hall–Kier alpha value is -1.94. The van der Waals surface area contributed by atoms with Crippen LogP contribution in [0.15, 0.2) is 40.8 Å². The Morgan fingerprint density at radius 2 is 2.00 bits per heavy atom. The Bertz CT molecular complexity index is 538. The Balaban J connectivity index is 2.21. The molecule has 0 amide bonds. The van der Waals surface area contributed by atoms with Crippen LogP contribution in [0.1, 0.15) is 29.6 Å². The first-order chi connectivity index (χ1) is 7.78. The summed E-state index contributed by atoms with van der Waals surface area (Å²) in [6.07, 6.45) is 0.909. The van der Waals surface area contributed by atoms with Crippen molar-refractivity contribution in [2.75, 3.05) is 0 Å². The summed E-state index contributed by atoms with van der Waals surface area (Å²) in [6.45, 7) is 4.13. The van der Waals surface area contributed by atoms with Crippen LogP contribution in [-0.4, -0.2) is 0 Å². The second-order valence-corrected chi connectivity index (χ2v) is 3.74. The molecule has 0 aliphatic rings. The van der Waals surface area contributed by atoms with Gasteiger partial charge in [0, 0.05) is 12.0 Å². The fraction of sp³-hybridized carbons (Fsp3) is 0.200. The maximum Gasteiger partial charge on any atom is 0.177 e. The van der Waals surface area contributed by atoms with Crippen LogP contribution in [-0.2, 0) is 6.42 Å². The van der Waals surface area contributed by atoms with Crippen LogP contribution in [0.5, 0.6) is 0 Å². The van der Waals surface area contributed by atoms with Gasteiger partial charge in [0.05, 0.1) is 0 Å². The first-order valence-electron chi connectivity index (χ1n) is 5.45. The standard InChI is InChI=1S/C15H14O/c1-3-14-9-10-15(16-14)8-7-13-6-4-5-12(2)11-13/h4-6,9-11H,3H2,1-2H3. The molecule has 2 rings (SSSR count). The molecule has 80 valence electrons. The highest BCUT2D eigenvalue weighted by molar-refractivity contribution is 5.40. The van der Waals surface area contributed by atoms with Gasteiger partial charge in [0.25, 0.3) is 0 Å². The van der Waals surface area contributed by atoms with Crippen molar-refractivity contribution in [2.24, 2.45) is 0 Å². The van der Waals surface area contributed by atoms with Crippen LogP contribution in [0.4, 0.5) is 0 Å². The van der Waals surface area contributed by atoms with Crippen molar-refractivity contribution < 1.29 is 4.42 Å². The molecule has 0 saturated heterocycles. The predicted octanol–water partition coefficient (Wildman–Crippen LogP) is 3.55. The van der Waals surface area contributed by atoms with E-state index in [1.54, 1.807) is 0 Å². The van der Waals surface area contributed by atoms with Gasteiger partial charge in [0.1, 0.15) is 5.76 Å². The zero-order chi connectivity index (χ0) is 11.4. The average molecular weight is 210 g/mol. The topological polar surface area (TPSA) is 13.1 Å². The molecule has 2 aromatic rings. The zero-order valence-corrected chi connectivity index (χ0v) is 9.58. The lowest BCUT2D eigenvalue weighted by Gasteiger charge is -1.91. The molecular formula is C15H14O. The number of rotatable bonds is 1. The summed E-state index contributed by atoms with van der Waals surface area (Å²) in [5.74, 6) is 7.84. The van der Waals surface area contributed by atoms with E-state index in [9.17, 15) is 0 Å². The van der Waals surface area contributed by atoms with E-state index < -0.39 is 0 Å². The molecule has 1 aromatic carbocycles. The molecule has 0 atom stereocenters. The van der Waals surface area contributed by atoms with Crippen molar-refractivity contribution in [1.29, 1.82) is 0 Å². The molecule has 0 spiro atoms. The molecule has 0 aliphatic heterocycles. The fourth-order valence-corrected chi connectivity index (χ4v) is 1.49. The molecule has 1 nitrogen and oxygen atoms in total. The second kappa shape index (κ2) is 4.72. The SMILES string of the molecule is CCc1ccc(C#Cc2cccc(C)c2)o1. The molecule has 16 heavy (non-hydrogen) atoms. The maximum absolute atomic E-state index is 5.51. The molecule has 0 radical (unpaired) electrons. The molecule has 0 unspecified atom stereocenters. The lowest BCUT2D eigenvalue weighted by Crippen LogP contribution is -1.76. The minimum absolute atomic E-state index is 0.735. The highest BCUT2D eigenvalue weighted by Crippen LogP contribution is 2.07. The lowest BCUT2D eigenvalue weighted by atomic mass is 10.1. The molecule has 0 aliphatic carbocycles. The summed E-state index contributed by atoms with van der Waals surface area (Å²) in [7, 11) is 0. The largest absolute Gasteiger partial charge is 0.453 e. The molecule has 0 saturated carbocycles. The van der Waals surface area contributed by atoms with E-state index in [1.165, 1.54) is 5.56 Å². The zero-order valence-electron chi connectivity index (χ0n) is 9.58. The minimum atomic E-state index is 0.735. The summed E-state index contributed by atoms with van der Waals surface area (Å²) >= 11 is 0. The van der Waals surface area contributed by atoms with Crippen LogP contribution < -0.4 is 0 Å². The van der Waals surface area contributed by atoms with Crippen molar-refractivity contribution >= 4 is 0 Å². The molecule has 0 fully saturated rings. The van der Waals surface area contributed by atoms with E-state index in [4.69, 9.17) is 4.42 Å². The number of benzene rings is 1. The molecule has 1 aromatic heterocycles. The molecule has 1 heteroatoms. The Labute approximate surface area is 96.1 Å². The van der Waals surface area contributed by atoms with Gasteiger partial charge in [0.15, 0.2) is 5.76 Å². The molecular weight excluding hydrogens is 196 g/mol. The van der Waals surface area contributed by atoms with Crippen molar-refractivity contribution in [3.63, 3.8) is 0 Å². The smallest absolute Gasteiger partial charge is 0.177 e. The number of hydrogen-bond acceptors (Lipinski definition) is 1. The summed E-state index contributed by atoms with van der Waals surface area (Å²) in [5, 5.41) is 0. The molecule has 0 bridgehead atoms. The minimum Gasteiger partial charge on any atom is -0.453 e. The summed E-state index contributed by atoms with van der Waals surface area (Å²) in [5.41, 5.74) is 2.25. The monoisotopic (exact) mass is 210 g/mol. The van der Waals surface area contributed by atoms with Crippen molar-refractivity contribution in [1.82, 2.24) is 0 Å². The number of furan rings is 1. The van der Waals surface area contributed by atoms with Crippen LogP contribution in [0.2, 0.25) is 0 Å². The van der Waals surface area contributed by atoms with Gasteiger partial charge in [-0.3, -0.25) is 0 Å². The number of hydrogen-bond donors (Lipinski definition) is 0. The van der Waals surface area contributed by atoms with E-state index in [0.717, 1.165) is 23.5 Å². The summed E-state index contributed by atoms with van der Waals surface area (Å²) in [4.78, 5) is 0. The highest BCUT2D eigenvalue weighted by atomic mass is 16.3. The fourth-order valence-electron chi connectivity index (χ4n) is 1.49. The highest BCUT2D eigenvalue weighted by Gasteiger charge is 1.95. The average Bonchev–Trinajstić information content (AvgIpc) is 2.74. The normalized spacial score (nSPS) is 9.62. The third-order valence-electron chi connectivity index (χ3n) is 2.36.